The number of carbonyl (C=O) groups is 1. The number of aryl methyl sites for hydroxylation is 2. The van der Waals surface area contributed by atoms with E-state index in [1.807, 2.05) is 44.3 Å². The van der Waals surface area contributed by atoms with Crippen molar-refractivity contribution in [2.45, 2.75) is 39.7 Å². The lowest BCUT2D eigenvalue weighted by Crippen LogP contribution is -2.27. The average Bonchev–Trinajstić information content (AvgIpc) is 3.50. The Kier molecular flexibility index (Phi) is 7.12. The normalized spacial score (nSPS) is 16.7. The minimum atomic E-state index is -0.272. The number of benzene rings is 1. The largest absolute Gasteiger partial charge is 0.493 e. The summed E-state index contributed by atoms with van der Waals surface area (Å²) in [4.78, 5) is 18.8. The molecule has 0 aliphatic carbocycles. The third kappa shape index (κ3) is 5.49. The molecule has 2 atom stereocenters. The van der Waals surface area contributed by atoms with Crippen LogP contribution in [0.5, 0.6) is 5.75 Å². The van der Waals surface area contributed by atoms with Crippen molar-refractivity contribution in [1.82, 2.24) is 20.5 Å². The molecular weight excluding hydrogens is 424 g/mol. The molecule has 3 aromatic rings. The van der Waals surface area contributed by atoms with Crippen molar-refractivity contribution in [3.05, 3.63) is 58.4 Å². The summed E-state index contributed by atoms with van der Waals surface area (Å²) >= 11 is 1.63. The quantitative estimate of drug-likeness (QED) is 0.546. The van der Waals surface area contributed by atoms with E-state index in [-0.39, 0.29) is 11.9 Å². The lowest BCUT2D eigenvalue weighted by molar-refractivity contribution is 0.0938. The van der Waals surface area contributed by atoms with Crippen LogP contribution in [0.2, 0.25) is 0 Å². The van der Waals surface area contributed by atoms with Gasteiger partial charge in [0.15, 0.2) is 0 Å². The van der Waals surface area contributed by atoms with E-state index in [1.54, 1.807) is 17.4 Å². The van der Waals surface area contributed by atoms with E-state index in [4.69, 9.17) is 9.47 Å². The standard InChI is InChI=1S/C24H28N4O3S/c1-4-21-12-25-24(32-21)19-9-18(10-20(11-19)31-14-17-7-8-30-13-17)23(29)26-16(3)22-6-5-15(2)27-28-22/h5-6,9-12,16-17H,4,7-8,13-14H2,1-3H3,(H,26,29)/t16?,17-/m0/s1. The zero-order valence-electron chi connectivity index (χ0n) is 18.6. The predicted octanol–water partition coefficient (Wildman–Crippen LogP) is 4.38. The highest BCUT2D eigenvalue weighted by atomic mass is 32.1. The highest BCUT2D eigenvalue weighted by Gasteiger charge is 2.19. The molecule has 1 aliphatic heterocycles. The van der Waals surface area contributed by atoms with Gasteiger partial charge in [-0.25, -0.2) is 4.98 Å². The van der Waals surface area contributed by atoms with E-state index in [1.165, 1.54) is 4.88 Å². The highest BCUT2D eigenvalue weighted by Crippen LogP contribution is 2.30. The van der Waals surface area contributed by atoms with Gasteiger partial charge in [-0.05, 0) is 57.0 Å². The van der Waals surface area contributed by atoms with Crippen LogP contribution in [0.4, 0.5) is 0 Å². The predicted molar refractivity (Wildman–Crippen MR) is 124 cm³/mol. The number of thiazole rings is 1. The molecule has 1 unspecified atom stereocenters. The topological polar surface area (TPSA) is 86.2 Å². The average molecular weight is 453 g/mol. The van der Waals surface area contributed by atoms with E-state index in [9.17, 15) is 4.79 Å². The van der Waals surface area contributed by atoms with Crippen LogP contribution in [0.3, 0.4) is 0 Å². The molecule has 0 saturated carbocycles. The van der Waals surface area contributed by atoms with Crippen LogP contribution in [0, 0.1) is 12.8 Å². The van der Waals surface area contributed by atoms with Crippen molar-refractivity contribution in [2.75, 3.05) is 19.8 Å². The fourth-order valence-electron chi connectivity index (χ4n) is 3.46. The first kappa shape index (κ1) is 22.4. The third-order valence-electron chi connectivity index (χ3n) is 5.44. The number of amides is 1. The second kappa shape index (κ2) is 10.2. The van der Waals surface area contributed by atoms with E-state index >= 15 is 0 Å². The van der Waals surface area contributed by atoms with Crippen LogP contribution in [-0.4, -0.2) is 40.9 Å². The van der Waals surface area contributed by atoms with Gasteiger partial charge in [-0.2, -0.15) is 10.2 Å². The van der Waals surface area contributed by atoms with Crippen molar-refractivity contribution in [3.8, 4) is 16.3 Å². The Morgan fingerprint density at radius 3 is 2.88 bits per heavy atom. The maximum Gasteiger partial charge on any atom is 0.251 e. The van der Waals surface area contributed by atoms with Crippen molar-refractivity contribution >= 4 is 17.2 Å². The summed E-state index contributed by atoms with van der Waals surface area (Å²) in [6.07, 6.45) is 3.81. The Hall–Kier alpha value is -2.84. The Balaban J connectivity index is 1.56. The van der Waals surface area contributed by atoms with Gasteiger partial charge in [0.1, 0.15) is 10.8 Å². The molecular formula is C24H28N4O3S. The number of aromatic nitrogens is 3. The number of hydrogen-bond acceptors (Lipinski definition) is 7. The number of nitrogens with zero attached hydrogens (tertiary/aromatic N) is 3. The van der Waals surface area contributed by atoms with Gasteiger partial charge in [0.25, 0.3) is 5.91 Å². The van der Waals surface area contributed by atoms with Gasteiger partial charge in [0, 0.05) is 34.7 Å². The third-order valence-corrected chi connectivity index (χ3v) is 6.63. The van der Waals surface area contributed by atoms with E-state index in [0.717, 1.165) is 35.7 Å². The zero-order chi connectivity index (χ0) is 22.5. The molecule has 1 N–H and O–H groups in total. The van der Waals surface area contributed by atoms with Crippen molar-refractivity contribution in [3.63, 3.8) is 0 Å². The molecule has 3 heterocycles. The SMILES string of the molecule is CCc1cnc(-c2cc(OC[C@H]3CCOC3)cc(C(=O)NC(C)c3ccc(C)nn3)c2)s1. The smallest absolute Gasteiger partial charge is 0.251 e. The van der Waals surface area contributed by atoms with Crippen LogP contribution in [0.25, 0.3) is 10.6 Å². The molecule has 1 saturated heterocycles. The van der Waals surface area contributed by atoms with Crippen LogP contribution < -0.4 is 10.1 Å². The van der Waals surface area contributed by atoms with E-state index in [0.29, 0.717) is 36.1 Å². The van der Waals surface area contributed by atoms with Gasteiger partial charge >= 0.3 is 0 Å². The van der Waals surface area contributed by atoms with Crippen molar-refractivity contribution in [1.29, 1.82) is 0 Å². The summed E-state index contributed by atoms with van der Waals surface area (Å²) in [6, 6.07) is 9.11. The molecule has 1 amide bonds. The summed E-state index contributed by atoms with van der Waals surface area (Å²) < 4.78 is 11.5. The fraction of sp³-hybridized carbons (Fsp3) is 0.417. The maximum absolute atomic E-state index is 13.1. The molecule has 0 spiro atoms. The number of hydrogen-bond donors (Lipinski definition) is 1. The summed E-state index contributed by atoms with van der Waals surface area (Å²) in [7, 11) is 0. The first-order valence-corrected chi connectivity index (χ1v) is 11.7. The Labute approximate surface area is 192 Å². The molecule has 8 heteroatoms. The maximum atomic E-state index is 13.1. The van der Waals surface area contributed by atoms with E-state index < -0.39 is 0 Å². The molecule has 7 nitrogen and oxygen atoms in total. The van der Waals surface area contributed by atoms with Gasteiger partial charge in [-0.3, -0.25) is 4.79 Å². The van der Waals surface area contributed by atoms with Gasteiger partial charge in [-0.15, -0.1) is 11.3 Å². The van der Waals surface area contributed by atoms with Gasteiger partial charge in [0.05, 0.1) is 30.6 Å². The van der Waals surface area contributed by atoms with Gasteiger partial charge < -0.3 is 14.8 Å². The molecule has 0 radical (unpaired) electrons. The number of ether oxygens (including phenoxy) is 2. The Morgan fingerprint density at radius 1 is 1.31 bits per heavy atom. The van der Waals surface area contributed by atoms with Crippen LogP contribution >= 0.6 is 11.3 Å². The highest BCUT2D eigenvalue weighted by molar-refractivity contribution is 7.15. The van der Waals surface area contributed by atoms with Crippen LogP contribution in [-0.2, 0) is 11.2 Å². The molecule has 2 aromatic heterocycles. The number of carbonyl (C=O) groups excluding carboxylic acids is 1. The minimum Gasteiger partial charge on any atom is -0.493 e. The second-order valence-corrected chi connectivity index (χ2v) is 9.18. The number of rotatable bonds is 8. The molecule has 1 aliphatic rings. The fourth-order valence-corrected chi connectivity index (χ4v) is 4.30. The van der Waals surface area contributed by atoms with Crippen molar-refractivity contribution in [2.24, 2.45) is 5.92 Å². The lowest BCUT2D eigenvalue weighted by atomic mass is 10.1. The summed E-state index contributed by atoms with van der Waals surface area (Å²) in [5.74, 6) is 0.848. The van der Waals surface area contributed by atoms with Crippen molar-refractivity contribution < 1.29 is 14.3 Å². The first-order chi connectivity index (χ1) is 15.5. The summed E-state index contributed by atoms with van der Waals surface area (Å²) in [5.41, 5.74) is 2.96. The van der Waals surface area contributed by atoms with E-state index in [2.05, 4.69) is 27.4 Å². The monoisotopic (exact) mass is 452 g/mol. The Morgan fingerprint density at radius 2 is 2.19 bits per heavy atom. The molecule has 1 fully saturated rings. The molecule has 0 bridgehead atoms. The van der Waals surface area contributed by atoms with Gasteiger partial charge in [0.2, 0.25) is 0 Å². The lowest BCUT2D eigenvalue weighted by Gasteiger charge is -2.15. The Bertz CT molecular complexity index is 1060. The van der Waals surface area contributed by atoms with Gasteiger partial charge in [-0.1, -0.05) is 6.92 Å². The second-order valence-electron chi connectivity index (χ2n) is 8.07. The van der Waals surface area contributed by atoms with Crippen LogP contribution in [0.15, 0.2) is 36.5 Å². The molecule has 4 rings (SSSR count). The van der Waals surface area contributed by atoms with Crippen LogP contribution in [0.1, 0.15) is 52.9 Å². The molecule has 1 aromatic carbocycles. The first-order valence-electron chi connectivity index (χ1n) is 10.9. The molecule has 168 valence electrons. The zero-order valence-corrected chi connectivity index (χ0v) is 19.4. The summed E-state index contributed by atoms with van der Waals surface area (Å²) in [5, 5.41) is 12.2. The number of nitrogens with one attached hydrogen (secondary N) is 1. The minimum absolute atomic E-state index is 0.192. The summed E-state index contributed by atoms with van der Waals surface area (Å²) in [6.45, 7) is 7.95. The molecule has 32 heavy (non-hydrogen) atoms.